The number of anilines is 1. The quantitative estimate of drug-likeness (QED) is 0.864. The number of aromatic nitrogens is 3. The molecule has 2 heterocycles. The summed E-state index contributed by atoms with van der Waals surface area (Å²) in [5, 5.41) is 6.41. The van der Waals surface area contributed by atoms with Crippen LogP contribution in [0.4, 0.5) is 5.95 Å². The third-order valence-corrected chi connectivity index (χ3v) is 3.18. The highest BCUT2D eigenvalue weighted by atomic mass is 32.1. The van der Waals surface area contributed by atoms with Crippen LogP contribution in [0.5, 0.6) is 0 Å². The van der Waals surface area contributed by atoms with Crippen molar-refractivity contribution in [3.8, 4) is 0 Å². The van der Waals surface area contributed by atoms with Gasteiger partial charge in [-0.3, -0.25) is 0 Å². The Balaban J connectivity index is 2.09. The zero-order valence-corrected chi connectivity index (χ0v) is 9.66. The number of hydrogen-bond acceptors (Lipinski definition) is 4. The molecule has 2 aromatic heterocycles. The number of thiazole rings is 1. The average molecular weight is 222 g/mol. The van der Waals surface area contributed by atoms with E-state index in [1.165, 1.54) is 0 Å². The van der Waals surface area contributed by atoms with E-state index in [9.17, 15) is 0 Å². The standard InChI is InChI=1S/C10H14N4S/c1-3-14-6-4-12-10(14)13-8(2)9-11-5-7-15-9/h4-8H,3H2,1-2H3,(H,12,13). The van der Waals surface area contributed by atoms with E-state index in [-0.39, 0.29) is 6.04 Å². The average Bonchev–Trinajstić information content (AvgIpc) is 2.87. The molecule has 15 heavy (non-hydrogen) atoms. The molecule has 0 aliphatic heterocycles. The summed E-state index contributed by atoms with van der Waals surface area (Å²) in [5.74, 6) is 0.903. The molecule has 80 valence electrons. The molecule has 5 heteroatoms. The minimum absolute atomic E-state index is 0.206. The van der Waals surface area contributed by atoms with E-state index in [2.05, 4.69) is 33.7 Å². The molecule has 2 aromatic rings. The highest BCUT2D eigenvalue weighted by Crippen LogP contribution is 2.19. The molecule has 0 saturated heterocycles. The molecule has 1 N–H and O–H groups in total. The van der Waals surface area contributed by atoms with Crippen LogP contribution in [0.2, 0.25) is 0 Å². The van der Waals surface area contributed by atoms with Crippen molar-refractivity contribution in [2.75, 3.05) is 5.32 Å². The van der Waals surface area contributed by atoms with Gasteiger partial charge in [-0.2, -0.15) is 0 Å². The van der Waals surface area contributed by atoms with Crippen LogP contribution < -0.4 is 5.32 Å². The molecule has 0 amide bonds. The molecular weight excluding hydrogens is 208 g/mol. The van der Waals surface area contributed by atoms with Gasteiger partial charge < -0.3 is 9.88 Å². The number of hydrogen-bond donors (Lipinski definition) is 1. The number of imidazole rings is 1. The molecule has 0 aliphatic carbocycles. The summed E-state index contributed by atoms with van der Waals surface area (Å²) in [6.07, 6.45) is 5.60. The van der Waals surface area contributed by atoms with Gasteiger partial charge in [-0.15, -0.1) is 11.3 Å². The second-order valence-corrected chi connectivity index (χ2v) is 4.20. The van der Waals surface area contributed by atoms with Crippen LogP contribution in [0, 0.1) is 0 Å². The van der Waals surface area contributed by atoms with Crippen molar-refractivity contribution in [2.45, 2.75) is 26.4 Å². The smallest absolute Gasteiger partial charge is 0.203 e. The van der Waals surface area contributed by atoms with Gasteiger partial charge >= 0.3 is 0 Å². The largest absolute Gasteiger partial charge is 0.347 e. The first kappa shape index (κ1) is 10.2. The molecule has 1 unspecified atom stereocenters. The Morgan fingerprint density at radius 2 is 2.33 bits per heavy atom. The van der Waals surface area contributed by atoms with Crippen molar-refractivity contribution < 1.29 is 0 Å². The topological polar surface area (TPSA) is 42.7 Å². The lowest BCUT2D eigenvalue weighted by Crippen LogP contribution is -2.10. The summed E-state index contributed by atoms with van der Waals surface area (Å²) < 4.78 is 2.07. The Bertz CT molecular complexity index is 407. The first-order valence-corrected chi connectivity index (χ1v) is 5.86. The summed E-state index contributed by atoms with van der Waals surface area (Å²) in [5.41, 5.74) is 0. The molecule has 0 saturated carbocycles. The molecule has 0 aromatic carbocycles. The Morgan fingerprint density at radius 3 is 3.00 bits per heavy atom. The van der Waals surface area contributed by atoms with Crippen molar-refractivity contribution in [3.63, 3.8) is 0 Å². The maximum atomic E-state index is 4.27. The molecule has 0 aliphatic rings. The molecule has 2 rings (SSSR count). The Kier molecular flexibility index (Phi) is 3.01. The van der Waals surface area contributed by atoms with Crippen LogP contribution in [0.1, 0.15) is 24.9 Å². The van der Waals surface area contributed by atoms with E-state index in [1.54, 1.807) is 17.5 Å². The zero-order chi connectivity index (χ0) is 10.7. The number of rotatable bonds is 4. The van der Waals surface area contributed by atoms with Gasteiger partial charge in [0.15, 0.2) is 0 Å². The van der Waals surface area contributed by atoms with E-state index in [4.69, 9.17) is 0 Å². The summed E-state index contributed by atoms with van der Waals surface area (Å²) in [7, 11) is 0. The summed E-state index contributed by atoms with van der Waals surface area (Å²) in [4.78, 5) is 8.54. The zero-order valence-electron chi connectivity index (χ0n) is 8.84. The first-order chi connectivity index (χ1) is 7.31. The Labute approximate surface area is 93.0 Å². The van der Waals surface area contributed by atoms with E-state index >= 15 is 0 Å². The minimum Gasteiger partial charge on any atom is -0.347 e. The van der Waals surface area contributed by atoms with Crippen LogP contribution in [-0.4, -0.2) is 14.5 Å². The fourth-order valence-corrected chi connectivity index (χ4v) is 2.05. The highest BCUT2D eigenvalue weighted by molar-refractivity contribution is 7.09. The van der Waals surface area contributed by atoms with Gasteiger partial charge in [-0.05, 0) is 13.8 Å². The summed E-state index contributed by atoms with van der Waals surface area (Å²) >= 11 is 1.66. The van der Waals surface area contributed by atoms with Gasteiger partial charge in [-0.1, -0.05) is 0 Å². The van der Waals surface area contributed by atoms with Crippen LogP contribution in [0.3, 0.4) is 0 Å². The molecule has 1 atom stereocenters. The number of nitrogens with zero attached hydrogens (tertiary/aromatic N) is 3. The lowest BCUT2D eigenvalue weighted by molar-refractivity contribution is 0.742. The number of aryl methyl sites for hydroxylation is 1. The molecule has 4 nitrogen and oxygen atoms in total. The third kappa shape index (κ3) is 2.18. The fraction of sp³-hybridized carbons (Fsp3) is 0.400. The lowest BCUT2D eigenvalue weighted by Gasteiger charge is -2.12. The Morgan fingerprint density at radius 1 is 1.47 bits per heavy atom. The van der Waals surface area contributed by atoms with Crippen molar-refractivity contribution in [1.29, 1.82) is 0 Å². The van der Waals surface area contributed by atoms with E-state index in [0.717, 1.165) is 17.5 Å². The van der Waals surface area contributed by atoms with Crippen LogP contribution in [0.25, 0.3) is 0 Å². The van der Waals surface area contributed by atoms with Gasteiger partial charge in [0.05, 0.1) is 6.04 Å². The van der Waals surface area contributed by atoms with Gasteiger partial charge in [0.1, 0.15) is 5.01 Å². The van der Waals surface area contributed by atoms with E-state index < -0.39 is 0 Å². The van der Waals surface area contributed by atoms with E-state index in [0.29, 0.717) is 0 Å². The number of nitrogens with one attached hydrogen (secondary N) is 1. The van der Waals surface area contributed by atoms with Gasteiger partial charge in [-0.25, -0.2) is 9.97 Å². The summed E-state index contributed by atoms with van der Waals surface area (Å²) in [6.45, 7) is 5.11. The van der Waals surface area contributed by atoms with E-state index in [1.807, 2.05) is 17.8 Å². The van der Waals surface area contributed by atoms with Crippen LogP contribution in [-0.2, 0) is 6.54 Å². The predicted molar refractivity (Wildman–Crippen MR) is 62.1 cm³/mol. The van der Waals surface area contributed by atoms with Crippen molar-refractivity contribution >= 4 is 17.3 Å². The molecule has 0 bridgehead atoms. The van der Waals surface area contributed by atoms with Gasteiger partial charge in [0.25, 0.3) is 0 Å². The predicted octanol–water partition coefficient (Wildman–Crippen LogP) is 2.53. The molecule has 0 fully saturated rings. The highest BCUT2D eigenvalue weighted by Gasteiger charge is 2.10. The second-order valence-electron chi connectivity index (χ2n) is 3.27. The van der Waals surface area contributed by atoms with Gasteiger partial charge in [0.2, 0.25) is 5.95 Å². The normalized spacial score (nSPS) is 12.7. The molecule has 0 spiro atoms. The summed E-state index contributed by atoms with van der Waals surface area (Å²) in [6, 6.07) is 0.206. The molecular formula is C10H14N4S. The van der Waals surface area contributed by atoms with Crippen molar-refractivity contribution in [3.05, 3.63) is 29.0 Å². The second kappa shape index (κ2) is 4.44. The maximum Gasteiger partial charge on any atom is 0.203 e. The van der Waals surface area contributed by atoms with Crippen LogP contribution in [0.15, 0.2) is 24.0 Å². The minimum atomic E-state index is 0.206. The fourth-order valence-electron chi connectivity index (χ4n) is 1.41. The first-order valence-electron chi connectivity index (χ1n) is 4.98. The molecule has 0 radical (unpaired) electrons. The van der Waals surface area contributed by atoms with Gasteiger partial charge in [0, 0.05) is 30.5 Å². The monoisotopic (exact) mass is 222 g/mol. The van der Waals surface area contributed by atoms with Crippen molar-refractivity contribution in [1.82, 2.24) is 14.5 Å². The maximum absolute atomic E-state index is 4.27. The van der Waals surface area contributed by atoms with Crippen LogP contribution >= 0.6 is 11.3 Å². The van der Waals surface area contributed by atoms with Crippen molar-refractivity contribution in [2.24, 2.45) is 0 Å². The lowest BCUT2D eigenvalue weighted by atomic mass is 10.4. The Hall–Kier alpha value is -1.36. The SMILES string of the molecule is CCn1ccnc1NC(C)c1nccs1. The third-order valence-electron chi connectivity index (χ3n) is 2.22.